The highest BCUT2D eigenvalue weighted by molar-refractivity contribution is 6.32. The Morgan fingerprint density at radius 2 is 1.68 bits per heavy atom. The van der Waals surface area contributed by atoms with Crippen LogP contribution in [-0.4, -0.2) is 23.5 Å². The second-order valence-electron chi connectivity index (χ2n) is 4.90. The Morgan fingerprint density at radius 3 is 2.32 bits per heavy atom. The van der Waals surface area contributed by atoms with Gasteiger partial charge in [0.25, 0.3) is 17.5 Å². The Labute approximate surface area is 145 Å². The number of nitrogens with one attached hydrogen (secondary N) is 2. The summed E-state index contributed by atoms with van der Waals surface area (Å²) in [4.78, 5) is 34.1. The molecule has 1 aliphatic rings. The second-order valence-corrected chi connectivity index (χ2v) is 5.31. The number of nitro groups is 1. The molecule has 0 atom stereocenters. The van der Waals surface area contributed by atoms with Gasteiger partial charge in [-0.25, -0.2) is 0 Å². The molecule has 0 radical (unpaired) electrons. The van der Waals surface area contributed by atoms with Gasteiger partial charge in [-0.1, -0.05) is 11.6 Å². The summed E-state index contributed by atoms with van der Waals surface area (Å²) in [7, 11) is 0. The molecule has 128 valence electrons. The van der Waals surface area contributed by atoms with Crippen molar-refractivity contribution < 1.29 is 24.0 Å². The largest absolute Gasteiger partial charge is 0.454 e. The van der Waals surface area contributed by atoms with Gasteiger partial charge in [0.05, 0.1) is 9.95 Å². The molecule has 0 fully saturated rings. The van der Waals surface area contributed by atoms with Crippen molar-refractivity contribution in [1.29, 1.82) is 0 Å². The predicted molar refractivity (Wildman–Crippen MR) is 85.6 cm³/mol. The van der Waals surface area contributed by atoms with Crippen molar-refractivity contribution in [3.63, 3.8) is 0 Å². The lowest BCUT2D eigenvalue weighted by molar-refractivity contribution is -0.384. The molecule has 0 aromatic heterocycles. The number of hydrogen-bond donors (Lipinski definition) is 2. The number of non-ortho nitro benzene ring substituents is 1. The van der Waals surface area contributed by atoms with Crippen LogP contribution < -0.4 is 20.3 Å². The molecule has 0 unspecified atom stereocenters. The van der Waals surface area contributed by atoms with Gasteiger partial charge in [0.15, 0.2) is 11.5 Å². The number of nitrogens with zero attached hydrogens (tertiary/aromatic N) is 1. The summed E-state index contributed by atoms with van der Waals surface area (Å²) < 4.78 is 10.3. The molecule has 1 heterocycles. The fourth-order valence-electron chi connectivity index (χ4n) is 2.09. The smallest absolute Gasteiger partial charge is 0.269 e. The van der Waals surface area contributed by atoms with Crippen LogP contribution in [0.15, 0.2) is 36.4 Å². The van der Waals surface area contributed by atoms with E-state index in [1.54, 1.807) is 0 Å². The lowest BCUT2D eigenvalue weighted by Crippen LogP contribution is -2.41. The van der Waals surface area contributed by atoms with Crippen molar-refractivity contribution >= 4 is 29.1 Å². The number of fused-ring (bicyclic) bond motifs is 1. The van der Waals surface area contributed by atoms with E-state index in [0.717, 1.165) is 0 Å². The topological polar surface area (TPSA) is 120 Å². The number of hydrogen-bond acceptors (Lipinski definition) is 6. The molecule has 1 aliphatic heterocycles. The molecule has 0 saturated heterocycles. The van der Waals surface area contributed by atoms with E-state index >= 15 is 0 Å². The highest BCUT2D eigenvalue weighted by Gasteiger charge is 2.21. The summed E-state index contributed by atoms with van der Waals surface area (Å²) in [6.45, 7) is 0.0109. The highest BCUT2D eigenvalue weighted by atomic mass is 35.5. The number of amides is 2. The fourth-order valence-corrected chi connectivity index (χ4v) is 2.36. The Morgan fingerprint density at radius 1 is 1.04 bits per heavy atom. The number of rotatable bonds is 3. The van der Waals surface area contributed by atoms with Gasteiger partial charge >= 0.3 is 0 Å². The van der Waals surface area contributed by atoms with E-state index in [4.69, 9.17) is 21.1 Å². The second kappa shape index (κ2) is 6.65. The molecule has 25 heavy (non-hydrogen) atoms. The first-order chi connectivity index (χ1) is 12.0. The summed E-state index contributed by atoms with van der Waals surface area (Å²) in [5, 5.41) is 10.8. The molecule has 2 aromatic carbocycles. The molecular weight excluding hydrogens is 354 g/mol. The lowest BCUT2D eigenvalue weighted by atomic mass is 10.2. The third-order valence-corrected chi connectivity index (χ3v) is 3.60. The lowest BCUT2D eigenvalue weighted by Gasteiger charge is -2.08. The molecule has 0 spiro atoms. The SMILES string of the molecule is O=C(NNC(=O)c1cc(Cl)c2c(c1)OCO2)c1ccc([N+](=O)[O-])cc1. The minimum absolute atomic E-state index is 0.0109. The minimum atomic E-state index is -0.630. The maximum atomic E-state index is 12.1. The quantitative estimate of drug-likeness (QED) is 0.636. The van der Waals surface area contributed by atoms with Crippen molar-refractivity contribution in [3.8, 4) is 11.5 Å². The normalized spacial score (nSPS) is 11.7. The molecular formula is C15H10ClN3O6. The zero-order valence-electron chi connectivity index (χ0n) is 12.4. The maximum Gasteiger partial charge on any atom is 0.269 e. The first kappa shape index (κ1) is 16.5. The standard InChI is InChI=1S/C15H10ClN3O6/c16-11-5-9(6-12-13(11)25-7-24-12)15(21)18-17-14(20)8-1-3-10(4-2-8)19(22)23/h1-6H,7H2,(H,17,20)(H,18,21). The van der Waals surface area contributed by atoms with Crippen LogP contribution in [0.25, 0.3) is 0 Å². The summed E-state index contributed by atoms with van der Waals surface area (Å²) in [6.07, 6.45) is 0. The third kappa shape index (κ3) is 3.45. The van der Waals surface area contributed by atoms with Crippen LogP contribution in [0, 0.1) is 10.1 Å². The van der Waals surface area contributed by atoms with Crippen LogP contribution in [0.4, 0.5) is 5.69 Å². The van der Waals surface area contributed by atoms with Crippen molar-refractivity contribution in [3.05, 3.63) is 62.7 Å². The zero-order valence-corrected chi connectivity index (χ0v) is 13.2. The van der Waals surface area contributed by atoms with Crippen molar-refractivity contribution in [2.45, 2.75) is 0 Å². The molecule has 2 N–H and O–H groups in total. The van der Waals surface area contributed by atoms with Crippen molar-refractivity contribution in [2.24, 2.45) is 0 Å². The minimum Gasteiger partial charge on any atom is -0.454 e. The van der Waals surface area contributed by atoms with Crippen LogP contribution in [0.1, 0.15) is 20.7 Å². The number of nitro benzene ring substituents is 1. The van der Waals surface area contributed by atoms with Crippen LogP contribution in [-0.2, 0) is 0 Å². The van der Waals surface area contributed by atoms with Crippen LogP contribution >= 0.6 is 11.6 Å². The van der Waals surface area contributed by atoms with Crippen LogP contribution in [0.5, 0.6) is 11.5 Å². The molecule has 0 bridgehead atoms. The molecule has 0 saturated carbocycles. The van der Waals surface area contributed by atoms with E-state index in [-0.39, 0.29) is 28.6 Å². The molecule has 9 nitrogen and oxygen atoms in total. The van der Waals surface area contributed by atoms with Gasteiger partial charge in [-0.15, -0.1) is 0 Å². The first-order valence-corrected chi connectivity index (χ1v) is 7.28. The number of carbonyl (C=O) groups is 2. The van der Waals surface area contributed by atoms with Gasteiger partial charge in [-0.3, -0.25) is 30.6 Å². The Kier molecular flexibility index (Phi) is 4.40. The number of halogens is 1. The van der Waals surface area contributed by atoms with E-state index < -0.39 is 16.7 Å². The van der Waals surface area contributed by atoms with Gasteiger partial charge in [-0.05, 0) is 24.3 Å². The van der Waals surface area contributed by atoms with Crippen molar-refractivity contribution in [1.82, 2.24) is 10.9 Å². The Bertz CT molecular complexity index is 868. The maximum absolute atomic E-state index is 12.1. The van der Waals surface area contributed by atoms with Gasteiger partial charge in [0.1, 0.15) is 0 Å². The summed E-state index contributed by atoms with van der Waals surface area (Å²) in [6, 6.07) is 7.74. The Balaban J connectivity index is 1.65. The number of hydrazine groups is 1. The van der Waals surface area contributed by atoms with E-state index in [0.29, 0.717) is 11.5 Å². The molecule has 2 aromatic rings. The van der Waals surface area contributed by atoms with E-state index in [1.807, 2.05) is 0 Å². The van der Waals surface area contributed by atoms with Crippen LogP contribution in [0.3, 0.4) is 0 Å². The van der Waals surface area contributed by atoms with Crippen LogP contribution in [0.2, 0.25) is 5.02 Å². The number of carbonyl (C=O) groups excluding carboxylic acids is 2. The third-order valence-electron chi connectivity index (χ3n) is 3.32. The van der Waals surface area contributed by atoms with E-state index in [1.165, 1.54) is 36.4 Å². The van der Waals surface area contributed by atoms with E-state index in [2.05, 4.69) is 10.9 Å². The van der Waals surface area contributed by atoms with Gasteiger partial charge in [0, 0.05) is 23.3 Å². The predicted octanol–water partition coefficient (Wildman–Crippen LogP) is 2.05. The average molecular weight is 364 g/mol. The molecule has 0 aliphatic carbocycles. The molecule has 10 heteroatoms. The molecule has 2 amide bonds. The van der Waals surface area contributed by atoms with E-state index in [9.17, 15) is 19.7 Å². The number of benzene rings is 2. The summed E-state index contributed by atoms with van der Waals surface area (Å²) in [5.41, 5.74) is 4.61. The summed E-state index contributed by atoms with van der Waals surface area (Å²) >= 11 is 5.99. The highest BCUT2D eigenvalue weighted by Crippen LogP contribution is 2.39. The first-order valence-electron chi connectivity index (χ1n) is 6.90. The summed E-state index contributed by atoms with van der Waals surface area (Å²) in [5.74, 6) is -0.557. The Hall–Kier alpha value is -3.33. The molecule has 3 rings (SSSR count). The average Bonchev–Trinajstić information content (AvgIpc) is 3.08. The number of ether oxygens (including phenoxy) is 2. The van der Waals surface area contributed by atoms with Gasteiger partial charge in [0.2, 0.25) is 6.79 Å². The van der Waals surface area contributed by atoms with Gasteiger partial charge in [-0.2, -0.15) is 0 Å². The monoisotopic (exact) mass is 363 g/mol. The fraction of sp³-hybridized carbons (Fsp3) is 0.0667. The van der Waals surface area contributed by atoms with Crippen molar-refractivity contribution in [2.75, 3.05) is 6.79 Å². The zero-order chi connectivity index (χ0) is 18.0. The van der Waals surface area contributed by atoms with Gasteiger partial charge < -0.3 is 9.47 Å².